The van der Waals surface area contributed by atoms with Crippen molar-refractivity contribution in [1.29, 1.82) is 0 Å². The molecule has 1 aliphatic heterocycles. The predicted octanol–water partition coefficient (Wildman–Crippen LogP) is 2.59. The van der Waals surface area contributed by atoms with Crippen molar-refractivity contribution in [2.24, 2.45) is 5.92 Å². The number of fused-ring (bicyclic) bond motifs is 1. The summed E-state index contributed by atoms with van der Waals surface area (Å²) in [5.41, 5.74) is 3.48. The summed E-state index contributed by atoms with van der Waals surface area (Å²) in [6, 6.07) is 18.6. The molecule has 5 nitrogen and oxygen atoms in total. The summed E-state index contributed by atoms with van der Waals surface area (Å²) in [4.78, 5) is 16.9. The molecule has 2 aromatic carbocycles. The van der Waals surface area contributed by atoms with E-state index in [1.165, 1.54) is 11.1 Å². The van der Waals surface area contributed by atoms with Gasteiger partial charge < -0.3 is 15.2 Å². The maximum atomic E-state index is 12.6. The standard InChI is InChI=1S/C21H22N4O/c26-21(19-13-22-14-20-23-10-11-25(20)15-19)24-12-16-6-8-18(9-7-16)17-4-2-1-3-5-17/h1-11,19,22H,12-15H2,(H,24,26). The zero-order chi connectivity index (χ0) is 17.8. The maximum Gasteiger partial charge on any atom is 0.226 e. The highest BCUT2D eigenvalue weighted by Crippen LogP contribution is 2.19. The molecule has 1 aromatic heterocycles. The normalized spacial score (nSPS) is 16.5. The van der Waals surface area contributed by atoms with Crippen molar-refractivity contribution in [3.05, 3.63) is 78.4 Å². The van der Waals surface area contributed by atoms with Crippen LogP contribution in [0.4, 0.5) is 0 Å². The summed E-state index contributed by atoms with van der Waals surface area (Å²) in [6.07, 6.45) is 3.72. The van der Waals surface area contributed by atoms with E-state index in [1.54, 1.807) is 6.20 Å². The summed E-state index contributed by atoms with van der Waals surface area (Å²) in [5.74, 6) is 0.969. The quantitative estimate of drug-likeness (QED) is 0.763. The van der Waals surface area contributed by atoms with Crippen molar-refractivity contribution >= 4 is 5.91 Å². The molecule has 0 spiro atoms. The Kier molecular flexibility index (Phi) is 4.80. The van der Waals surface area contributed by atoms with E-state index >= 15 is 0 Å². The molecule has 0 saturated carbocycles. The summed E-state index contributed by atoms with van der Waals surface area (Å²) < 4.78 is 2.05. The SMILES string of the molecule is O=C(NCc1ccc(-c2ccccc2)cc1)C1CNCc2nccn2C1. The van der Waals surface area contributed by atoms with E-state index in [0.29, 0.717) is 26.2 Å². The molecule has 132 valence electrons. The van der Waals surface area contributed by atoms with Crippen LogP contribution in [0.1, 0.15) is 11.4 Å². The number of amides is 1. The molecular weight excluding hydrogens is 324 g/mol. The van der Waals surface area contributed by atoms with Gasteiger partial charge in [-0.15, -0.1) is 0 Å². The van der Waals surface area contributed by atoms with Crippen LogP contribution >= 0.6 is 0 Å². The highest BCUT2D eigenvalue weighted by atomic mass is 16.1. The topological polar surface area (TPSA) is 59.0 Å². The van der Waals surface area contributed by atoms with E-state index in [0.717, 1.165) is 11.4 Å². The van der Waals surface area contributed by atoms with Crippen LogP contribution in [-0.4, -0.2) is 22.0 Å². The van der Waals surface area contributed by atoms with Gasteiger partial charge in [0.25, 0.3) is 0 Å². The lowest BCUT2D eigenvalue weighted by molar-refractivity contribution is -0.125. The Morgan fingerprint density at radius 1 is 1.12 bits per heavy atom. The Morgan fingerprint density at radius 2 is 1.88 bits per heavy atom. The molecule has 0 aliphatic carbocycles. The van der Waals surface area contributed by atoms with Crippen LogP contribution in [0.5, 0.6) is 0 Å². The Hall–Kier alpha value is -2.92. The smallest absolute Gasteiger partial charge is 0.226 e. The Bertz CT molecular complexity index is 871. The predicted molar refractivity (Wildman–Crippen MR) is 101 cm³/mol. The van der Waals surface area contributed by atoms with Crippen molar-refractivity contribution in [1.82, 2.24) is 20.2 Å². The molecular formula is C21H22N4O. The van der Waals surface area contributed by atoms with Crippen LogP contribution in [0.15, 0.2) is 67.0 Å². The van der Waals surface area contributed by atoms with Crippen LogP contribution in [-0.2, 0) is 24.4 Å². The third kappa shape index (κ3) is 3.68. The number of aromatic nitrogens is 2. The molecule has 5 heteroatoms. The van der Waals surface area contributed by atoms with Gasteiger partial charge in [0.15, 0.2) is 0 Å². The van der Waals surface area contributed by atoms with Crippen molar-refractivity contribution in [2.75, 3.05) is 6.54 Å². The monoisotopic (exact) mass is 346 g/mol. The molecule has 0 radical (unpaired) electrons. The average molecular weight is 346 g/mol. The molecule has 26 heavy (non-hydrogen) atoms. The van der Waals surface area contributed by atoms with Crippen LogP contribution in [0, 0.1) is 5.92 Å². The Balaban J connectivity index is 1.36. The summed E-state index contributed by atoms with van der Waals surface area (Å²) in [7, 11) is 0. The van der Waals surface area contributed by atoms with Gasteiger partial charge in [0.1, 0.15) is 5.82 Å². The van der Waals surface area contributed by atoms with Gasteiger partial charge in [0.2, 0.25) is 5.91 Å². The second kappa shape index (κ2) is 7.54. The molecule has 0 saturated heterocycles. The van der Waals surface area contributed by atoms with E-state index in [9.17, 15) is 4.79 Å². The van der Waals surface area contributed by atoms with E-state index in [2.05, 4.69) is 56.6 Å². The molecule has 0 bridgehead atoms. The van der Waals surface area contributed by atoms with Gasteiger partial charge in [-0.05, 0) is 16.7 Å². The molecule has 2 N–H and O–H groups in total. The number of nitrogens with zero attached hydrogens (tertiary/aromatic N) is 2. The third-order valence-corrected chi connectivity index (χ3v) is 4.79. The molecule has 4 rings (SSSR count). The molecule has 1 atom stereocenters. The molecule has 0 fully saturated rings. The minimum Gasteiger partial charge on any atom is -0.352 e. The van der Waals surface area contributed by atoms with E-state index in [4.69, 9.17) is 0 Å². The van der Waals surface area contributed by atoms with Crippen molar-refractivity contribution in [3.8, 4) is 11.1 Å². The Labute approximate surface area is 153 Å². The molecule has 3 aromatic rings. The lowest BCUT2D eigenvalue weighted by atomic mass is 10.0. The minimum atomic E-state index is -0.0889. The van der Waals surface area contributed by atoms with E-state index < -0.39 is 0 Å². The maximum absolute atomic E-state index is 12.6. The number of benzene rings is 2. The van der Waals surface area contributed by atoms with Gasteiger partial charge in [0, 0.05) is 32.0 Å². The van der Waals surface area contributed by atoms with Crippen LogP contribution in [0.2, 0.25) is 0 Å². The zero-order valence-electron chi connectivity index (χ0n) is 14.6. The van der Waals surface area contributed by atoms with E-state index in [1.807, 2.05) is 24.4 Å². The zero-order valence-corrected chi connectivity index (χ0v) is 14.6. The number of nitrogens with one attached hydrogen (secondary N) is 2. The molecule has 1 unspecified atom stereocenters. The lowest BCUT2D eigenvalue weighted by Crippen LogP contribution is -2.37. The first-order valence-electron chi connectivity index (χ1n) is 8.92. The van der Waals surface area contributed by atoms with Gasteiger partial charge in [-0.3, -0.25) is 4.79 Å². The first kappa shape index (κ1) is 16.5. The number of hydrogen-bond donors (Lipinski definition) is 2. The highest BCUT2D eigenvalue weighted by molar-refractivity contribution is 5.79. The molecule has 1 aliphatic rings. The van der Waals surface area contributed by atoms with E-state index in [-0.39, 0.29) is 11.8 Å². The lowest BCUT2D eigenvalue weighted by Gasteiger charge is -2.15. The molecule has 1 amide bonds. The number of carbonyl (C=O) groups is 1. The first-order chi connectivity index (χ1) is 12.8. The highest BCUT2D eigenvalue weighted by Gasteiger charge is 2.22. The number of imidazole rings is 1. The van der Waals surface area contributed by atoms with Crippen molar-refractivity contribution in [2.45, 2.75) is 19.6 Å². The largest absolute Gasteiger partial charge is 0.352 e. The van der Waals surface area contributed by atoms with Gasteiger partial charge in [-0.1, -0.05) is 54.6 Å². The fourth-order valence-corrected chi connectivity index (χ4v) is 3.29. The van der Waals surface area contributed by atoms with Crippen LogP contribution < -0.4 is 10.6 Å². The van der Waals surface area contributed by atoms with Gasteiger partial charge in [0.05, 0.1) is 12.5 Å². The second-order valence-electron chi connectivity index (χ2n) is 6.60. The summed E-state index contributed by atoms with van der Waals surface area (Å²) in [5, 5.41) is 6.37. The second-order valence-corrected chi connectivity index (χ2v) is 6.60. The third-order valence-electron chi connectivity index (χ3n) is 4.79. The van der Waals surface area contributed by atoms with Crippen molar-refractivity contribution in [3.63, 3.8) is 0 Å². The number of hydrogen-bond acceptors (Lipinski definition) is 3. The number of carbonyl (C=O) groups excluding carboxylic acids is 1. The first-order valence-corrected chi connectivity index (χ1v) is 8.92. The van der Waals surface area contributed by atoms with Crippen molar-refractivity contribution < 1.29 is 4.79 Å². The fraction of sp³-hybridized carbons (Fsp3) is 0.238. The summed E-state index contributed by atoms with van der Waals surface area (Å²) >= 11 is 0. The van der Waals surface area contributed by atoms with Crippen LogP contribution in [0.25, 0.3) is 11.1 Å². The van der Waals surface area contributed by atoms with Gasteiger partial charge in [-0.25, -0.2) is 4.98 Å². The van der Waals surface area contributed by atoms with Gasteiger partial charge >= 0.3 is 0 Å². The van der Waals surface area contributed by atoms with Gasteiger partial charge in [-0.2, -0.15) is 0 Å². The van der Waals surface area contributed by atoms with Crippen LogP contribution in [0.3, 0.4) is 0 Å². The average Bonchev–Trinajstić information content (AvgIpc) is 3.04. The number of rotatable bonds is 4. The Morgan fingerprint density at radius 3 is 2.69 bits per heavy atom. The fourth-order valence-electron chi connectivity index (χ4n) is 3.29. The molecule has 2 heterocycles. The summed E-state index contributed by atoms with van der Waals surface area (Å²) in [6.45, 7) is 2.59. The minimum absolute atomic E-state index is 0.0752.